The van der Waals surface area contributed by atoms with Crippen LogP contribution in [0.1, 0.15) is 10.4 Å². The number of pyridine rings is 1. The molecule has 0 unspecified atom stereocenters. The van der Waals surface area contributed by atoms with Gasteiger partial charge in [0.1, 0.15) is 0 Å². The lowest BCUT2D eigenvalue weighted by molar-refractivity contribution is -0.114. The fourth-order valence-corrected chi connectivity index (χ4v) is 2.96. The van der Waals surface area contributed by atoms with E-state index in [1.165, 1.54) is 15.5 Å². The van der Waals surface area contributed by atoms with Crippen molar-refractivity contribution in [2.24, 2.45) is 0 Å². The number of aromatic nitrogens is 1. The minimum atomic E-state index is -0.555. The summed E-state index contributed by atoms with van der Waals surface area (Å²) in [5, 5.41) is 0. The summed E-state index contributed by atoms with van der Waals surface area (Å²) in [6, 6.07) is 10.0. The maximum Gasteiger partial charge on any atom is 0.299 e. The molecule has 1 amide bonds. The number of anilines is 1. The number of para-hydroxylation sites is 1. The standard InChI is InChI=1S/C15H11BrN2O3/c16-11-5-3-4-10-13(11)18(15(21)14(10)20)9-8-17-7-2-1-6-12(17)19/h1-7H,8-9H2. The zero-order valence-electron chi connectivity index (χ0n) is 11.0. The Kier molecular flexibility index (Phi) is 3.47. The van der Waals surface area contributed by atoms with Crippen LogP contribution < -0.4 is 10.5 Å². The molecule has 3 rings (SSSR count). The summed E-state index contributed by atoms with van der Waals surface area (Å²) in [5.74, 6) is -1.06. The van der Waals surface area contributed by atoms with Crippen molar-refractivity contribution >= 4 is 33.3 Å². The van der Waals surface area contributed by atoms with E-state index in [1.54, 1.807) is 36.5 Å². The van der Waals surface area contributed by atoms with E-state index in [-0.39, 0.29) is 12.1 Å². The topological polar surface area (TPSA) is 59.4 Å². The SMILES string of the molecule is O=C1C(=O)N(CCn2ccccc2=O)c2c(Br)cccc21. The van der Waals surface area contributed by atoms with E-state index >= 15 is 0 Å². The van der Waals surface area contributed by atoms with Gasteiger partial charge in [-0.2, -0.15) is 0 Å². The molecule has 0 saturated carbocycles. The van der Waals surface area contributed by atoms with Crippen molar-refractivity contribution in [3.8, 4) is 0 Å². The molecule has 2 heterocycles. The third kappa shape index (κ3) is 2.31. The average molecular weight is 347 g/mol. The first-order valence-electron chi connectivity index (χ1n) is 6.40. The van der Waals surface area contributed by atoms with Gasteiger partial charge in [-0.1, -0.05) is 12.1 Å². The minimum absolute atomic E-state index is 0.136. The minimum Gasteiger partial charge on any atom is -0.314 e. The number of ketones is 1. The van der Waals surface area contributed by atoms with Gasteiger partial charge in [-0.05, 0) is 34.1 Å². The first-order valence-corrected chi connectivity index (χ1v) is 7.19. The number of rotatable bonds is 3. The molecule has 0 saturated heterocycles. The summed E-state index contributed by atoms with van der Waals surface area (Å²) in [6.07, 6.45) is 1.66. The smallest absolute Gasteiger partial charge is 0.299 e. The zero-order chi connectivity index (χ0) is 15.0. The third-order valence-corrected chi connectivity index (χ3v) is 4.04. The summed E-state index contributed by atoms with van der Waals surface area (Å²) in [5.41, 5.74) is 0.842. The van der Waals surface area contributed by atoms with Crippen LogP contribution in [0.15, 0.2) is 51.9 Å². The van der Waals surface area contributed by atoms with Crippen molar-refractivity contribution in [2.75, 3.05) is 11.4 Å². The third-order valence-electron chi connectivity index (χ3n) is 3.40. The number of Topliss-reactive ketones (excluding diaryl/α,β-unsaturated/α-hetero) is 1. The normalized spacial score (nSPS) is 13.7. The van der Waals surface area contributed by atoms with E-state index in [0.29, 0.717) is 22.3 Å². The lowest BCUT2D eigenvalue weighted by atomic mass is 10.1. The van der Waals surface area contributed by atoms with Gasteiger partial charge in [-0.3, -0.25) is 14.4 Å². The average Bonchev–Trinajstić information content (AvgIpc) is 2.72. The van der Waals surface area contributed by atoms with Crippen molar-refractivity contribution in [2.45, 2.75) is 6.54 Å². The Labute approximate surface area is 128 Å². The molecule has 1 aromatic heterocycles. The number of hydrogen-bond acceptors (Lipinski definition) is 3. The summed E-state index contributed by atoms with van der Waals surface area (Å²) in [7, 11) is 0. The molecular weight excluding hydrogens is 336 g/mol. The van der Waals surface area contributed by atoms with Crippen LogP contribution in [-0.4, -0.2) is 22.8 Å². The second kappa shape index (κ2) is 5.29. The molecular formula is C15H11BrN2O3. The van der Waals surface area contributed by atoms with Gasteiger partial charge in [-0.25, -0.2) is 0 Å². The highest BCUT2D eigenvalue weighted by atomic mass is 79.9. The molecule has 21 heavy (non-hydrogen) atoms. The van der Waals surface area contributed by atoms with Crippen molar-refractivity contribution in [1.82, 2.24) is 4.57 Å². The second-order valence-corrected chi connectivity index (χ2v) is 5.51. The Bertz CT molecular complexity index is 798. The molecule has 0 atom stereocenters. The van der Waals surface area contributed by atoms with Crippen molar-refractivity contribution in [3.05, 3.63) is 63.0 Å². The van der Waals surface area contributed by atoms with E-state index in [9.17, 15) is 14.4 Å². The quantitative estimate of drug-likeness (QED) is 0.796. The predicted octanol–water partition coefficient (Wildman–Crippen LogP) is 1.84. The van der Waals surface area contributed by atoms with Crippen LogP contribution in [0.4, 0.5) is 5.69 Å². The van der Waals surface area contributed by atoms with Gasteiger partial charge in [0.05, 0.1) is 11.3 Å². The van der Waals surface area contributed by atoms with Crippen LogP contribution >= 0.6 is 15.9 Å². The molecule has 0 spiro atoms. The molecule has 5 nitrogen and oxygen atoms in total. The number of nitrogens with zero attached hydrogens (tertiary/aromatic N) is 2. The number of amides is 1. The van der Waals surface area contributed by atoms with E-state index in [4.69, 9.17) is 0 Å². The van der Waals surface area contributed by atoms with Gasteiger partial charge in [0.15, 0.2) is 0 Å². The number of fused-ring (bicyclic) bond motifs is 1. The number of halogens is 1. The lowest BCUT2D eigenvalue weighted by Gasteiger charge is -2.18. The molecule has 1 aliphatic rings. The molecule has 1 aromatic carbocycles. The van der Waals surface area contributed by atoms with Crippen molar-refractivity contribution in [1.29, 1.82) is 0 Å². The first kappa shape index (κ1) is 13.8. The van der Waals surface area contributed by atoms with Crippen LogP contribution in [0.2, 0.25) is 0 Å². The molecule has 0 bridgehead atoms. The first-order chi connectivity index (χ1) is 10.1. The Morgan fingerprint density at radius 1 is 0.952 bits per heavy atom. The van der Waals surface area contributed by atoms with E-state index < -0.39 is 11.7 Å². The van der Waals surface area contributed by atoms with Crippen LogP contribution in [0, 0.1) is 0 Å². The summed E-state index contributed by atoms with van der Waals surface area (Å²) in [4.78, 5) is 37.1. The highest BCUT2D eigenvalue weighted by molar-refractivity contribution is 9.10. The van der Waals surface area contributed by atoms with Gasteiger partial charge in [0, 0.05) is 29.8 Å². The summed E-state index contributed by atoms with van der Waals surface area (Å²) >= 11 is 3.37. The lowest BCUT2D eigenvalue weighted by Crippen LogP contribution is -2.34. The van der Waals surface area contributed by atoms with Crippen LogP contribution in [0.25, 0.3) is 0 Å². The molecule has 106 valence electrons. The van der Waals surface area contributed by atoms with Gasteiger partial charge < -0.3 is 9.47 Å². The van der Waals surface area contributed by atoms with Crippen LogP contribution in [0.3, 0.4) is 0 Å². The summed E-state index contributed by atoms with van der Waals surface area (Å²) in [6.45, 7) is 0.601. The Morgan fingerprint density at radius 3 is 2.52 bits per heavy atom. The highest BCUT2D eigenvalue weighted by Gasteiger charge is 2.36. The van der Waals surface area contributed by atoms with Crippen LogP contribution in [-0.2, 0) is 11.3 Å². The molecule has 0 fully saturated rings. The molecule has 1 aliphatic heterocycles. The predicted molar refractivity (Wildman–Crippen MR) is 81.5 cm³/mol. The van der Waals surface area contributed by atoms with Gasteiger partial charge in [0.25, 0.3) is 17.2 Å². The molecule has 2 aromatic rings. The fourth-order valence-electron chi connectivity index (χ4n) is 2.38. The number of carbonyl (C=O) groups excluding carboxylic acids is 2. The second-order valence-electron chi connectivity index (χ2n) is 4.65. The number of carbonyl (C=O) groups is 2. The summed E-state index contributed by atoms with van der Waals surface area (Å²) < 4.78 is 2.20. The largest absolute Gasteiger partial charge is 0.314 e. The maximum atomic E-state index is 12.1. The zero-order valence-corrected chi connectivity index (χ0v) is 12.5. The molecule has 6 heteroatoms. The van der Waals surface area contributed by atoms with Gasteiger partial charge >= 0.3 is 0 Å². The number of benzene rings is 1. The Hall–Kier alpha value is -2.21. The van der Waals surface area contributed by atoms with Gasteiger partial charge in [0.2, 0.25) is 0 Å². The van der Waals surface area contributed by atoms with Crippen molar-refractivity contribution in [3.63, 3.8) is 0 Å². The van der Waals surface area contributed by atoms with Crippen molar-refractivity contribution < 1.29 is 9.59 Å². The Morgan fingerprint density at radius 2 is 1.76 bits per heavy atom. The molecule has 0 aliphatic carbocycles. The van der Waals surface area contributed by atoms with Crippen LogP contribution in [0.5, 0.6) is 0 Å². The van der Waals surface area contributed by atoms with E-state index in [1.807, 2.05) is 0 Å². The van der Waals surface area contributed by atoms with E-state index in [2.05, 4.69) is 15.9 Å². The molecule has 0 N–H and O–H groups in total. The Balaban J connectivity index is 1.91. The van der Waals surface area contributed by atoms with Gasteiger partial charge in [-0.15, -0.1) is 0 Å². The molecule has 0 radical (unpaired) electrons. The van der Waals surface area contributed by atoms with E-state index in [0.717, 1.165) is 0 Å². The maximum absolute atomic E-state index is 12.1. The fraction of sp³-hybridized carbons (Fsp3) is 0.133. The number of hydrogen-bond donors (Lipinski definition) is 0. The monoisotopic (exact) mass is 346 g/mol. The highest BCUT2D eigenvalue weighted by Crippen LogP contribution is 2.35.